The van der Waals surface area contributed by atoms with Crippen molar-refractivity contribution in [1.82, 2.24) is 10.2 Å². The average Bonchev–Trinajstić information content (AvgIpc) is 3.15. The van der Waals surface area contributed by atoms with Crippen molar-refractivity contribution in [2.75, 3.05) is 13.1 Å². The molecule has 5 nitrogen and oxygen atoms in total. The first-order valence-corrected chi connectivity index (χ1v) is 9.84. The lowest BCUT2D eigenvalue weighted by molar-refractivity contribution is -0.109. The average molecular weight is 412 g/mol. The lowest BCUT2D eigenvalue weighted by atomic mass is 9.99. The van der Waals surface area contributed by atoms with Crippen LogP contribution in [0.15, 0.2) is 46.9 Å². The third-order valence-electron chi connectivity index (χ3n) is 5.46. The second kappa shape index (κ2) is 7.89. The van der Waals surface area contributed by atoms with Crippen molar-refractivity contribution >= 4 is 23.3 Å². The summed E-state index contributed by atoms with van der Waals surface area (Å²) in [6, 6.07) is 13.1. The van der Waals surface area contributed by atoms with Crippen molar-refractivity contribution in [3.63, 3.8) is 0 Å². The van der Waals surface area contributed by atoms with Gasteiger partial charge in [-0.25, -0.2) is 8.78 Å². The van der Waals surface area contributed by atoms with E-state index >= 15 is 0 Å². The maximum absolute atomic E-state index is 13.3. The van der Waals surface area contributed by atoms with Crippen LogP contribution < -0.4 is 5.32 Å². The van der Waals surface area contributed by atoms with Gasteiger partial charge in [-0.1, -0.05) is 12.1 Å². The van der Waals surface area contributed by atoms with Gasteiger partial charge in [-0.15, -0.1) is 0 Å². The Kier molecular flexibility index (Phi) is 5.28. The van der Waals surface area contributed by atoms with Gasteiger partial charge in [-0.2, -0.15) is 0 Å². The van der Waals surface area contributed by atoms with Gasteiger partial charge in [0.1, 0.15) is 11.3 Å². The summed E-state index contributed by atoms with van der Waals surface area (Å²) in [5, 5.41) is 3.52. The van der Waals surface area contributed by atoms with Gasteiger partial charge < -0.3 is 14.6 Å². The quantitative estimate of drug-likeness (QED) is 0.627. The molecular weight excluding hydrogens is 390 g/mol. The number of halogens is 2. The van der Waals surface area contributed by atoms with E-state index in [2.05, 4.69) is 5.32 Å². The molecule has 7 heteroatoms. The third-order valence-corrected chi connectivity index (χ3v) is 5.46. The Morgan fingerprint density at radius 1 is 1.13 bits per heavy atom. The Balaban J connectivity index is 1.54. The number of furan rings is 1. The zero-order valence-electron chi connectivity index (χ0n) is 16.6. The highest BCUT2D eigenvalue weighted by Crippen LogP contribution is 2.31. The van der Waals surface area contributed by atoms with Crippen molar-refractivity contribution in [1.29, 1.82) is 0 Å². The minimum absolute atomic E-state index is 0.0746. The highest BCUT2D eigenvalue weighted by Gasteiger charge is 2.35. The van der Waals surface area contributed by atoms with Crippen LogP contribution in [-0.2, 0) is 11.3 Å². The number of benzene rings is 2. The van der Waals surface area contributed by atoms with E-state index in [1.807, 2.05) is 37.3 Å². The predicted octanol–water partition coefficient (Wildman–Crippen LogP) is 4.53. The van der Waals surface area contributed by atoms with Gasteiger partial charge in [0.15, 0.2) is 0 Å². The normalized spacial score (nSPS) is 15.9. The van der Waals surface area contributed by atoms with Crippen LogP contribution >= 0.6 is 0 Å². The number of rotatable bonds is 5. The van der Waals surface area contributed by atoms with E-state index in [9.17, 15) is 18.4 Å². The van der Waals surface area contributed by atoms with Crippen LogP contribution in [0, 0.1) is 6.92 Å². The minimum Gasteiger partial charge on any atom is -0.459 e. The Labute approximate surface area is 172 Å². The van der Waals surface area contributed by atoms with Crippen LogP contribution in [-0.4, -0.2) is 36.2 Å². The first-order chi connectivity index (χ1) is 14.4. The van der Waals surface area contributed by atoms with Crippen molar-refractivity contribution < 1.29 is 22.8 Å². The van der Waals surface area contributed by atoms with E-state index in [0.717, 1.165) is 27.7 Å². The van der Waals surface area contributed by atoms with Gasteiger partial charge >= 0.3 is 0 Å². The second-order valence-corrected chi connectivity index (χ2v) is 7.65. The molecule has 30 heavy (non-hydrogen) atoms. The monoisotopic (exact) mass is 412 g/mol. The molecule has 2 heterocycles. The number of piperidine rings is 1. The lowest BCUT2D eigenvalue weighted by Crippen LogP contribution is -2.42. The van der Waals surface area contributed by atoms with Crippen molar-refractivity contribution in [3.8, 4) is 11.1 Å². The van der Waals surface area contributed by atoms with Gasteiger partial charge in [-0.05, 0) is 53.9 Å². The number of carbonyl (C=O) groups excluding carboxylic acids is 2. The van der Waals surface area contributed by atoms with E-state index in [1.54, 1.807) is 12.1 Å². The molecule has 1 aliphatic heterocycles. The fourth-order valence-electron chi connectivity index (χ4n) is 3.80. The van der Waals surface area contributed by atoms with E-state index in [1.165, 1.54) is 4.90 Å². The number of amides is 2. The number of hydrogen-bond acceptors (Lipinski definition) is 3. The molecule has 0 unspecified atom stereocenters. The van der Waals surface area contributed by atoms with Crippen LogP contribution in [0.5, 0.6) is 0 Å². The summed E-state index contributed by atoms with van der Waals surface area (Å²) in [5.74, 6) is -2.22. The lowest BCUT2D eigenvalue weighted by Gasteiger charge is -2.31. The molecule has 0 aliphatic carbocycles. The number of nitrogens with one attached hydrogen (secondary N) is 1. The summed E-state index contributed by atoms with van der Waals surface area (Å²) in [5.41, 5.74) is 4.15. The van der Waals surface area contributed by atoms with Gasteiger partial charge in [-0.3, -0.25) is 9.59 Å². The Bertz CT molecular complexity index is 1080. The number of nitrogens with zero attached hydrogens (tertiary/aromatic N) is 1. The van der Waals surface area contributed by atoms with Crippen LogP contribution in [0.1, 0.15) is 34.5 Å². The molecular formula is C23H22F2N2O3. The first-order valence-electron chi connectivity index (χ1n) is 9.84. The van der Waals surface area contributed by atoms with E-state index in [4.69, 9.17) is 4.42 Å². The molecule has 0 atom stereocenters. The molecule has 0 spiro atoms. The molecule has 2 amide bonds. The molecule has 1 N–H and O–H groups in total. The Morgan fingerprint density at radius 2 is 1.83 bits per heavy atom. The molecule has 0 radical (unpaired) electrons. The summed E-state index contributed by atoms with van der Waals surface area (Å²) >= 11 is 0. The molecule has 156 valence electrons. The Morgan fingerprint density at radius 3 is 2.50 bits per heavy atom. The second-order valence-electron chi connectivity index (χ2n) is 7.65. The molecule has 2 aromatic carbocycles. The summed E-state index contributed by atoms with van der Waals surface area (Å²) in [4.78, 5) is 24.6. The number of alkyl halides is 2. The number of carbonyl (C=O) groups is 2. The minimum atomic E-state index is -2.67. The molecule has 3 aromatic rings. The molecule has 1 saturated heterocycles. The smallest absolute Gasteiger partial charge is 0.253 e. The zero-order chi connectivity index (χ0) is 21.3. The molecule has 0 saturated carbocycles. The highest BCUT2D eigenvalue weighted by atomic mass is 19.3. The van der Waals surface area contributed by atoms with Crippen molar-refractivity contribution in [3.05, 3.63) is 59.4 Å². The number of fused-ring (bicyclic) bond motifs is 1. The van der Waals surface area contributed by atoms with Crippen LogP contribution in [0.4, 0.5) is 8.78 Å². The number of aryl methyl sites for hydroxylation is 1. The SMILES string of the molecule is Cc1cc(-c2ccc(C(=O)N3CCC(F)(F)CC3)cc2)cc2cc(CNC=O)oc12. The molecule has 1 aromatic heterocycles. The predicted molar refractivity (Wildman–Crippen MR) is 109 cm³/mol. The maximum atomic E-state index is 13.3. The topological polar surface area (TPSA) is 62.6 Å². The van der Waals surface area contributed by atoms with Gasteiger partial charge in [0, 0.05) is 36.9 Å². The van der Waals surface area contributed by atoms with E-state index in [0.29, 0.717) is 24.3 Å². The van der Waals surface area contributed by atoms with Gasteiger partial charge in [0.05, 0.1) is 6.54 Å². The van der Waals surface area contributed by atoms with E-state index < -0.39 is 5.92 Å². The van der Waals surface area contributed by atoms with Gasteiger partial charge in [0.25, 0.3) is 11.8 Å². The van der Waals surface area contributed by atoms with Crippen LogP contribution in [0.3, 0.4) is 0 Å². The fourth-order valence-corrected chi connectivity index (χ4v) is 3.80. The molecule has 1 aliphatic rings. The molecule has 4 rings (SSSR count). The van der Waals surface area contributed by atoms with Crippen LogP contribution in [0.25, 0.3) is 22.1 Å². The Hall–Kier alpha value is -3.22. The summed E-state index contributed by atoms with van der Waals surface area (Å²) in [6.45, 7) is 2.43. The molecule has 1 fully saturated rings. The largest absolute Gasteiger partial charge is 0.459 e. The zero-order valence-corrected chi connectivity index (χ0v) is 16.6. The summed E-state index contributed by atoms with van der Waals surface area (Å²) < 4.78 is 32.5. The maximum Gasteiger partial charge on any atom is 0.253 e. The van der Waals surface area contributed by atoms with Crippen molar-refractivity contribution in [2.45, 2.75) is 32.2 Å². The number of hydrogen-bond donors (Lipinski definition) is 1. The number of likely N-dealkylation sites (tertiary alicyclic amines) is 1. The third kappa shape index (κ3) is 4.06. The first kappa shape index (κ1) is 20.1. The van der Waals surface area contributed by atoms with E-state index in [-0.39, 0.29) is 31.8 Å². The van der Waals surface area contributed by atoms with Crippen molar-refractivity contribution in [2.24, 2.45) is 0 Å². The highest BCUT2D eigenvalue weighted by molar-refractivity contribution is 5.95. The molecule has 0 bridgehead atoms. The standard InChI is InChI=1S/C23H22F2N2O3/c1-15-10-18(11-19-12-20(13-26-14-28)30-21(15)19)16-2-4-17(5-3-16)22(29)27-8-6-23(24,25)7-9-27/h2-5,10-12,14H,6-9,13H2,1H3,(H,26,28). The summed E-state index contributed by atoms with van der Waals surface area (Å²) in [7, 11) is 0. The fraction of sp³-hybridized carbons (Fsp3) is 0.304. The summed E-state index contributed by atoms with van der Waals surface area (Å²) in [6.07, 6.45) is 0.0556. The van der Waals surface area contributed by atoms with Gasteiger partial charge in [0.2, 0.25) is 6.41 Å². The van der Waals surface area contributed by atoms with Crippen LogP contribution in [0.2, 0.25) is 0 Å².